The number of pyridine rings is 1. The first-order valence-corrected chi connectivity index (χ1v) is 7.24. The molecule has 0 aliphatic carbocycles. The van der Waals surface area contributed by atoms with Crippen LogP contribution in [0.1, 0.15) is 18.1 Å². The lowest BCUT2D eigenvalue weighted by molar-refractivity contribution is 0.144. The Morgan fingerprint density at radius 1 is 1.20 bits per heavy atom. The minimum Gasteiger partial charge on any atom is -0.484 e. The third kappa shape index (κ3) is 3.11. The van der Waals surface area contributed by atoms with E-state index >= 15 is 0 Å². The van der Waals surface area contributed by atoms with Gasteiger partial charge in [0, 0.05) is 12.5 Å². The Balaban J connectivity index is 1.83. The van der Waals surface area contributed by atoms with Crippen molar-refractivity contribution in [2.75, 3.05) is 13.1 Å². The fraction of sp³-hybridized carbons (Fsp3) is 0.312. The second kappa shape index (κ2) is 6.25. The van der Waals surface area contributed by atoms with Gasteiger partial charge in [0.25, 0.3) is 0 Å². The minimum absolute atomic E-state index is 0.0502. The lowest BCUT2D eigenvalue weighted by Gasteiger charge is -2.24. The summed E-state index contributed by atoms with van der Waals surface area (Å²) < 4.78 is 6.18. The molecule has 2 aromatic rings. The van der Waals surface area contributed by atoms with E-state index < -0.39 is 0 Å². The molecule has 1 saturated heterocycles. The van der Waals surface area contributed by atoms with Crippen LogP contribution in [0, 0.1) is 5.92 Å². The van der Waals surface area contributed by atoms with Gasteiger partial charge in [0.05, 0.1) is 6.20 Å². The Labute approximate surface area is 123 Å². The quantitative estimate of drug-likeness (QED) is 0.875. The van der Waals surface area contributed by atoms with Gasteiger partial charge in [0.1, 0.15) is 17.0 Å². The number of benzene rings is 1. The summed E-state index contributed by atoms with van der Waals surface area (Å²) in [5.74, 6) is 1.24. The van der Waals surface area contributed by atoms with E-state index in [9.17, 15) is 0 Å². The van der Waals surface area contributed by atoms with E-state index in [-0.39, 0.29) is 6.10 Å². The second-order valence-corrected chi connectivity index (χ2v) is 5.41. The van der Waals surface area contributed by atoms with Crippen LogP contribution in [0.5, 0.6) is 5.75 Å². The Hall–Kier alpha value is -1.58. The zero-order chi connectivity index (χ0) is 13.8. The van der Waals surface area contributed by atoms with Crippen molar-refractivity contribution in [1.82, 2.24) is 10.3 Å². The van der Waals surface area contributed by atoms with Crippen molar-refractivity contribution in [3.8, 4) is 5.75 Å². The molecular formula is C16H17ClN2O. The maximum Gasteiger partial charge on any atom is 0.138 e. The summed E-state index contributed by atoms with van der Waals surface area (Å²) in [6, 6.07) is 14.0. The van der Waals surface area contributed by atoms with Crippen molar-refractivity contribution >= 4 is 11.6 Å². The SMILES string of the molecule is Clc1ccc(O[C@@H](c2ccccc2)C2CCNC2)cn1. The van der Waals surface area contributed by atoms with E-state index in [1.165, 1.54) is 5.56 Å². The zero-order valence-corrected chi connectivity index (χ0v) is 11.9. The Kier molecular flexibility index (Phi) is 4.19. The molecule has 20 heavy (non-hydrogen) atoms. The highest BCUT2D eigenvalue weighted by Gasteiger charge is 2.27. The Morgan fingerprint density at radius 2 is 2.05 bits per heavy atom. The van der Waals surface area contributed by atoms with Crippen LogP contribution in [0.25, 0.3) is 0 Å². The topological polar surface area (TPSA) is 34.1 Å². The third-order valence-corrected chi connectivity index (χ3v) is 3.84. The summed E-state index contributed by atoms with van der Waals surface area (Å²) in [5.41, 5.74) is 1.20. The van der Waals surface area contributed by atoms with E-state index in [4.69, 9.17) is 16.3 Å². The molecule has 104 valence electrons. The smallest absolute Gasteiger partial charge is 0.138 e. The van der Waals surface area contributed by atoms with Crippen molar-refractivity contribution in [2.24, 2.45) is 5.92 Å². The largest absolute Gasteiger partial charge is 0.484 e. The monoisotopic (exact) mass is 288 g/mol. The summed E-state index contributed by atoms with van der Waals surface area (Å²) >= 11 is 5.82. The van der Waals surface area contributed by atoms with Gasteiger partial charge in [-0.3, -0.25) is 0 Å². The van der Waals surface area contributed by atoms with Gasteiger partial charge in [-0.05, 0) is 30.7 Å². The third-order valence-electron chi connectivity index (χ3n) is 3.62. The van der Waals surface area contributed by atoms with Gasteiger partial charge < -0.3 is 10.1 Å². The maximum absolute atomic E-state index is 6.18. The van der Waals surface area contributed by atoms with Crippen LogP contribution in [0.15, 0.2) is 48.7 Å². The van der Waals surface area contributed by atoms with Crippen LogP contribution in [-0.4, -0.2) is 18.1 Å². The molecule has 1 aliphatic rings. The van der Waals surface area contributed by atoms with Gasteiger partial charge in [0.2, 0.25) is 0 Å². The highest BCUT2D eigenvalue weighted by atomic mass is 35.5. The zero-order valence-electron chi connectivity index (χ0n) is 11.1. The molecule has 1 aromatic carbocycles. The molecule has 0 radical (unpaired) electrons. The molecular weight excluding hydrogens is 272 g/mol. The van der Waals surface area contributed by atoms with Gasteiger partial charge in [-0.2, -0.15) is 0 Å². The second-order valence-electron chi connectivity index (χ2n) is 5.02. The highest BCUT2D eigenvalue weighted by molar-refractivity contribution is 6.29. The van der Waals surface area contributed by atoms with Gasteiger partial charge >= 0.3 is 0 Å². The van der Waals surface area contributed by atoms with Crippen molar-refractivity contribution < 1.29 is 4.74 Å². The van der Waals surface area contributed by atoms with E-state index in [0.29, 0.717) is 11.1 Å². The molecule has 0 amide bonds. The van der Waals surface area contributed by atoms with Crippen molar-refractivity contribution in [2.45, 2.75) is 12.5 Å². The molecule has 3 rings (SSSR count). The molecule has 2 atom stereocenters. The molecule has 1 unspecified atom stereocenters. The predicted molar refractivity (Wildman–Crippen MR) is 80.0 cm³/mol. The van der Waals surface area contributed by atoms with Crippen molar-refractivity contribution in [3.63, 3.8) is 0 Å². The van der Waals surface area contributed by atoms with Crippen molar-refractivity contribution in [1.29, 1.82) is 0 Å². The molecule has 1 N–H and O–H groups in total. The maximum atomic E-state index is 6.18. The highest BCUT2D eigenvalue weighted by Crippen LogP contribution is 2.31. The summed E-state index contributed by atoms with van der Waals surface area (Å²) in [7, 11) is 0. The fourth-order valence-electron chi connectivity index (χ4n) is 2.59. The van der Waals surface area contributed by atoms with Crippen LogP contribution in [0.4, 0.5) is 0 Å². The fourth-order valence-corrected chi connectivity index (χ4v) is 2.70. The average Bonchev–Trinajstić information content (AvgIpc) is 3.01. The number of rotatable bonds is 4. The average molecular weight is 289 g/mol. The predicted octanol–water partition coefficient (Wildman–Crippen LogP) is 3.46. The number of hydrogen-bond donors (Lipinski definition) is 1. The van der Waals surface area contributed by atoms with Gasteiger partial charge in [-0.1, -0.05) is 41.9 Å². The van der Waals surface area contributed by atoms with Crippen LogP contribution >= 0.6 is 11.6 Å². The van der Waals surface area contributed by atoms with E-state index in [1.807, 2.05) is 24.3 Å². The van der Waals surface area contributed by atoms with E-state index in [1.54, 1.807) is 12.3 Å². The summed E-state index contributed by atoms with van der Waals surface area (Å²) in [6.45, 7) is 2.04. The molecule has 3 nitrogen and oxygen atoms in total. The lowest BCUT2D eigenvalue weighted by Crippen LogP contribution is -2.21. The van der Waals surface area contributed by atoms with Gasteiger partial charge in [-0.15, -0.1) is 0 Å². The molecule has 2 heterocycles. The number of nitrogens with zero attached hydrogens (tertiary/aromatic N) is 1. The molecule has 1 aromatic heterocycles. The number of hydrogen-bond acceptors (Lipinski definition) is 3. The van der Waals surface area contributed by atoms with E-state index in [2.05, 4.69) is 22.4 Å². The number of aromatic nitrogens is 1. The number of ether oxygens (including phenoxy) is 1. The molecule has 4 heteroatoms. The van der Waals surface area contributed by atoms with Gasteiger partial charge in [-0.25, -0.2) is 4.98 Å². The molecule has 0 spiro atoms. The minimum atomic E-state index is 0.0502. The van der Waals surface area contributed by atoms with Crippen LogP contribution in [0.2, 0.25) is 5.15 Å². The van der Waals surface area contributed by atoms with Crippen molar-refractivity contribution in [3.05, 3.63) is 59.4 Å². The Bertz CT molecular complexity index is 538. The summed E-state index contributed by atoms with van der Waals surface area (Å²) in [6.07, 6.45) is 2.86. The number of halogens is 1. The molecule has 0 saturated carbocycles. The first kappa shape index (κ1) is 13.4. The van der Waals surface area contributed by atoms with Crippen LogP contribution in [0.3, 0.4) is 0 Å². The summed E-state index contributed by atoms with van der Waals surface area (Å²) in [5, 5.41) is 3.88. The normalized spacial score (nSPS) is 19.8. The molecule has 1 aliphatic heterocycles. The molecule has 0 bridgehead atoms. The van der Waals surface area contributed by atoms with E-state index in [0.717, 1.165) is 25.3 Å². The molecule has 1 fully saturated rings. The standard InChI is InChI=1S/C16H17ClN2O/c17-15-7-6-14(11-19-15)20-16(13-8-9-18-10-13)12-4-2-1-3-5-12/h1-7,11,13,16,18H,8-10H2/t13?,16-/m0/s1. The lowest BCUT2D eigenvalue weighted by atomic mass is 9.95. The first-order valence-electron chi connectivity index (χ1n) is 6.87. The number of nitrogens with one attached hydrogen (secondary N) is 1. The van der Waals surface area contributed by atoms with Crippen LogP contribution < -0.4 is 10.1 Å². The first-order chi connectivity index (χ1) is 9.83. The van der Waals surface area contributed by atoms with Gasteiger partial charge in [0.15, 0.2) is 0 Å². The Morgan fingerprint density at radius 3 is 2.70 bits per heavy atom. The summed E-state index contributed by atoms with van der Waals surface area (Å²) in [4.78, 5) is 4.08. The van der Waals surface area contributed by atoms with Crippen LogP contribution in [-0.2, 0) is 0 Å².